The lowest BCUT2D eigenvalue weighted by atomic mass is 9.73. The van der Waals surface area contributed by atoms with Gasteiger partial charge in [0.05, 0.1) is 28.6 Å². The van der Waals surface area contributed by atoms with Crippen molar-refractivity contribution in [3.05, 3.63) is 54.1 Å². The molecule has 0 saturated carbocycles. The van der Waals surface area contributed by atoms with Crippen LogP contribution in [0.1, 0.15) is 25.3 Å². The standard InChI is InChI=1S/C22H27N3O2S.CH4O3S/c1-16-24-11-12-25(16)18-5-7-19(8-6-18)28-20-4-2-3-17(15-20)22(21(23)26)9-13-27-14-10-22;1-5(2,3)4/h2-8,15-16,24H,9-14H2,1H3,(H2,23,26);1H3,(H,2,3,4). The molecule has 0 radical (unpaired) electrons. The number of primary amides is 1. The number of rotatable bonds is 5. The molecule has 0 aliphatic carbocycles. The topological polar surface area (TPSA) is 129 Å². The van der Waals surface area contributed by atoms with Gasteiger partial charge in [-0.15, -0.1) is 0 Å². The second-order valence-electron chi connectivity index (χ2n) is 8.35. The van der Waals surface area contributed by atoms with Gasteiger partial charge < -0.3 is 25.2 Å². The monoisotopic (exact) mass is 493 g/mol. The first kappa shape index (κ1) is 25.5. The van der Waals surface area contributed by atoms with E-state index in [1.165, 1.54) is 10.6 Å². The molecular weight excluding hydrogens is 462 g/mol. The summed E-state index contributed by atoms with van der Waals surface area (Å²) in [6.45, 7) is 5.64. The first-order valence-electron chi connectivity index (χ1n) is 10.9. The highest BCUT2D eigenvalue weighted by molar-refractivity contribution is 7.99. The maximum absolute atomic E-state index is 12.3. The summed E-state index contributed by atoms with van der Waals surface area (Å²) in [6.07, 6.45) is 2.40. The molecule has 8 nitrogen and oxygen atoms in total. The Kier molecular flexibility index (Phi) is 8.41. The van der Waals surface area contributed by atoms with Crippen LogP contribution in [0.5, 0.6) is 0 Å². The van der Waals surface area contributed by atoms with Gasteiger partial charge in [-0.3, -0.25) is 4.79 Å². The van der Waals surface area contributed by atoms with E-state index < -0.39 is 15.5 Å². The van der Waals surface area contributed by atoms with Gasteiger partial charge in [0.25, 0.3) is 0 Å². The molecule has 2 aromatic carbocycles. The minimum atomic E-state index is -3.92. The molecule has 0 aromatic heterocycles. The van der Waals surface area contributed by atoms with Gasteiger partial charge in [-0.1, -0.05) is 23.9 Å². The second kappa shape index (κ2) is 10.9. The molecule has 2 aromatic rings. The third-order valence-electron chi connectivity index (χ3n) is 5.98. The molecule has 10 heteroatoms. The van der Waals surface area contributed by atoms with Gasteiger partial charge in [0.1, 0.15) is 0 Å². The highest BCUT2D eigenvalue weighted by Crippen LogP contribution is 2.38. The summed E-state index contributed by atoms with van der Waals surface area (Å²) in [6, 6.07) is 17.0. The lowest BCUT2D eigenvalue weighted by Gasteiger charge is -2.34. The SMILES string of the molecule is CC1[NH2+]CCN1c1ccc(Sc2cccc(C3(C(N)=O)CCOCC3)c2)cc1.CS(=O)(=O)[O-]. The number of amides is 1. The zero-order valence-electron chi connectivity index (χ0n) is 18.9. The van der Waals surface area contributed by atoms with Crippen molar-refractivity contribution in [2.45, 2.75) is 41.1 Å². The Hall–Kier alpha value is -2.11. The van der Waals surface area contributed by atoms with E-state index >= 15 is 0 Å². The van der Waals surface area contributed by atoms with Gasteiger partial charge in [0, 0.05) is 41.9 Å². The maximum atomic E-state index is 12.3. The number of hydrogen-bond acceptors (Lipinski definition) is 7. The summed E-state index contributed by atoms with van der Waals surface area (Å²) in [4.78, 5) is 17.0. The van der Waals surface area contributed by atoms with Gasteiger partial charge in [-0.2, -0.15) is 0 Å². The molecule has 0 bridgehead atoms. The fraction of sp³-hybridized carbons (Fsp3) is 0.435. The van der Waals surface area contributed by atoms with Crippen molar-refractivity contribution in [2.24, 2.45) is 5.73 Å². The number of anilines is 1. The van der Waals surface area contributed by atoms with Crippen molar-refractivity contribution in [3.63, 3.8) is 0 Å². The number of benzene rings is 2. The number of ether oxygens (including phenoxy) is 1. The molecule has 2 fully saturated rings. The maximum Gasteiger partial charge on any atom is 0.228 e. The molecule has 2 aliphatic rings. The largest absolute Gasteiger partial charge is 0.748 e. The van der Waals surface area contributed by atoms with Gasteiger partial charge in [0.2, 0.25) is 5.91 Å². The first-order chi connectivity index (χ1) is 15.6. The summed E-state index contributed by atoms with van der Waals surface area (Å²) >= 11 is 1.72. The number of carbonyl (C=O) groups excluding carboxylic acids is 1. The van der Waals surface area contributed by atoms with Crippen molar-refractivity contribution in [1.82, 2.24) is 0 Å². The van der Waals surface area contributed by atoms with Crippen LogP contribution in [0, 0.1) is 0 Å². The van der Waals surface area contributed by atoms with Crippen molar-refractivity contribution >= 4 is 33.5 Å². The van der Waals surface area contributed by atoms with Crippen LogP contribution in [0.4, 0.5) is 5.69 Å². The summed E-state index contributed by atoms with van der Waals surface area (Å²) < 4.78 is 32.7. The van der Waals surface area contributed by atoms with Crippen LogP contribution in [-0.4, -0.2) is 57.6 Å². The lowest BCUT2D eigenvalue weighted by Crippen LogP contribution is -2.87. The Labute approximate surface area is 199 Å². The summed E-state index contributed by atoms with van der Waals surface area (Å²) in [7, 11) is -3.92. The van der Waals surface area contributed by atoms with Crippen molar-refractivity contribution in [2.75, 3.05) is 37.5 Å². The van der Waals surface area contributed by atoms with Gasteiger partial charge in [-0.25, -0.2) is 8.42 Å². The fourth-order valence-electron chi connectivity index (χ4n) is 4.25. The average Bonchev–Trinajstić information content (AvgIpc) is 3.19. The second-order valence-corrected chi connectivity index (χ2v) is 10.9. The van der Waals surface area contributed by atoms with Crippen LogP contribution in [0.2, 0.25) is 0 Å². The van der Waals surface area contributed by atoms with Gasteiger partial charge in [-0.05, 0) is 54.8 Å². The fourth-order valence-corrected chi connectivity index (χ4v) is 5.12. The Morgan fingerprint density at radius 3 is 2.36 bits per heavy atom. The molecule has 2 aliphatic heterocycles. The highest BCUT2D eigenvalue weighted by atomic mass is 32.2. The normalized spacial score (nSPS) is 20.1. The third-order valence-corrected chi connectivity index (χ3v) is 6.98. The van der Waals surface area contributed by atoms with Crippen molar-refractivity contribution < 1.29 is 27.8 Å². The molecule has 1 atom stereocenters. The molecular formula is C23H31N3O5S2. The van der Waals surface area contributed by atoms with Crippen LogP contribution >= 0.6 is 11.8 Å². The van der Waals surface area contributed by atoms with Crippen molar-refractivity contribution in [1.29, 1.82) is 0 Å². The van der Waals surface area contributed by atoms with Gasteiger partial charge >= 0.3 is 0 Å². The van der Waals surface area contributed by atoms with E-state index in [1.54, 1.807) is 11.8 Å². The summed E-state index contributed by atoms with van der Waals surface area (Å²) in [5, 5.41) is 2.36. The molecule has 2 heterocycles. The van der Waals surface area contributed by atoms with E-state index in [-0.39, 0.29) is 5.91 Å². The molecule has 4 rings (SSSR count). The molecule has 4 N–H and O–H groups in total. The molecule has 33 heavy (non-hydrogen) atoms. The Balaban J connectivity index is 0.000000555. The lowest BCUT2D eigenvalue weighted by molar-refractivity contribution is -0.665. The predicted octanol–water partition coefficient (Wildman–Crippen LogP) is 1.26. The third kappa shape index (κ3) is 6.94. The predicted molar refractivity (Wildman–Crippen MR) is 127 cm³/mol. The summed E-state index contributed by atoms with van der Waals surface area (Å²) in [5.74, 6) is -0.251. The van der Waals surface area contributed by atoms with E-state index in [9.17, 15) is 4.79 Å². The molecule has 0 spiro atoms. The van der Waals surface area contributed by atoms with Crippen LogP contribution in [0.15, 0.2) is 58.3 Å². The molecule has 2 saturated heterocycles. The molecule has 1 unspecified atom stereocenters. The molecule has 180 valence electrons. The molecule has 1 amide bonds. The first-order valence-corrected chi connectivity index (χ1v) is 13.5. The van der Waals surface area contributed by atoms with E-state index in [4.69, 9.17) is 23.4 Å². The van der Waals surface area contributed by atoms with E-state index in [1.807, 2.05) is 12.1 Å². The van der Waals surface area contributed by atoms with Crippen LogP contribution in [-0.2, 0) is 25.1 Å². The quantitative estimate of drug-likeness (QED) is 0.600. The van der Waals surface area contributed by atoms with Crippen molar-refractivity contribution in [3.8, 4) is 0 Å². The van der Waals surface area contributed by atoms with Crippen LogP contribution in [0.3, 0.4) is 0 Å². The minimum absolute atomic E-state index is 0.251. The number of carbonyl (C=O) groups is 1. The Bertz CT molecular complexity index is 1050. The van der Waals surface area contributed by atoms with E-state index in [0.29, 0.717) is 38.5 Å². The minimum Gasteiger partial charge on any atom is -0.748 e. The number of nitrogens with two attached hydrogens (primary N) is 2. The Morgan fingerprint density at radius 1 is 1.18 bits per heavy atom. The number of hydrogen-bond donors (Lipinski definition) is 2. The number of quaternary nitrogens is 1. The van der Waals surface area contributed by atoms with Crippen LogP contribution in [0.25, 0.3) is 0 Å². The smallest absolute Gasteiger partial charge is 0.228 e. The van der Waals surface area contributed by atoms with Crippen LogP contribution < -0.4 is 16.0 Å². The number of nitrogens with zero attached hydrogens (tertiary/aromatic N) is 1. The average molecular weight is 494 g/mol. The van der Waals surface area contributed by atoms with E-state index in [2.05, 4.69) is 53.5 Å². The van der Waals surface area contributed by atoms with E-state index in [0.717, 1.165) is 23.5 Å². The Morgan fingerprint density at radius 2 is 1.82 bits per heavy atom. The van der Waals surface area contributed by atoms with Gasteiger partial charge in [0.15, 0.2) is 6.17 Å². The highest BCUT2D eigenvalue weighted by Gasteiger charge is 2.40. The summed E-state index contributed by atoms with van der Waals surface area (Å²) in [5.41, 5.74) is 7.48. The zero-order chi connectivity index (χ0) is 24.1. The zero-order valence-corrected chi connectivity index (χ0v) is 20.5.